The summed E-state index contributed by atoms with van der Waals surface area (Å²) >= 11 is 6.69. The molecule has 0 saturated carbocycles. The monoisotopic (exact) mass is 584 g/mol. The Balaban J connectivity index is -0.000000187. The molecule has 0 unspecified atom stereocenters. The summed E-state index contributed by atoms with van der Waals surface area (Å²) in [6, 6.07) is 14.3. The second-order valence-electron chi connectivity index (χ2n) is 5.06. The van der Waals surface area contributed by atoms with Crippen LogP contribution in [-0.4, -0.2) is 71.2 Å². The van der Waals surface area contributed by atoms with Gasteiger partial charge in [0, 0.05) is 51.5 Å². The number of aromatic hydroxyl groups is 2. The van der Waals surface area contributed by atoms with E-state index in [4.69, 9.17) is 20.4 Å². The predicted octanol–water partition coefficient (Wildman–Crippen LogP) is 1.54. The van der Waals surface area contributed by atoms with Crippen molar-refractivity contribution in [3.63, 3.8) is 0 Å². The zero-order valence-electron chi connectivity index (χ0n) is 17.9. The van der Waals surface area contributed by atoms with Crippen LogP contribution in [0.25, 0.3) is 0 Å². The topological polar surface area (TPSA) is 145 Å². The molecule has 12 heteroatoms. The first-order valence-corrected chi connectivity index (χ1v) is 11.7. The number of halogens is 2. The summed E-state index contributed by atoms with van der Waals surface area (Å²) in [5.41, 5.74) is 1.71. The van der Waals surface area contributed by atoms with E-state index in [1.807, 2.05) is 24.3 Å². The minimum atomic E-state index is 0.119. The molecule has 2 aromatic rings. The van der Waals surface area contributed by atoms with Crippen molar-refractivity contribution in [2.24, 2.45) is 0 Å². The molecule has 8 nitrogen and oxygen atoms in total. The molecule has 0 heterocycles. The van der Waals surface area contributed by atoms with E-state index in [0.29, 0.717) is 37.7 Å². The van der Waals surface area contributed by atoms with Gasteiger partial charge >= 0.3 is 49.5 Å². The molecular formula is C20H34Cl2N2Ni2O6. The van der Waals surface area contributed by atoms with Gasteiger partial charge in [0.15, 0.2) is 0 Å². The molecule has 8 N–H and O–H groups in total. The molecule has 2 rings (SSSR count). The standard InChI is InChI=1S/2C9H13NO2.2CH4O.2ClH.2Ni/c2*11-6-5-10-7-8-3-1-2-4-9(8)12;2*1-2;;;;/h2*1-4,10-12H,5-7H2;2*2H,1H3;2*1H;;/q;;;;;;2*+1/p-2. The number of nitrogens with one attached hydrogen (secondary N) is 2. The average molecular weight is 587 g/mol. The van der Waals surface area contributed by atoms with Crippen molar-refractivity contribution in [2.45, 2.75) is 13.1 Å². The van der Waals surface area contributed by atoms with E-state index in [1.165, 1.54) is 0 Å². The molecule has 0 aromatic heterocycles. The molecule has 0 amide bonds. The van der Waals surface area contributed by atoms with Gasteiger partial charge in [-0.15, -0.1) is 0 Å². The summed E-state index contributed by atoms with van der Waals surface area (Å²) in [4.78, 5) is 0. The molecule has 0 atom stereocenters. The Morgan fingerprint density at radius 2 is 0.906 bits per heavy atom. The number of aliphatic hydroxyl groups excluding tert-OH is 4. The third-order valence-electron chi connectivity index (χ3n) is 3.19. The van der Waals surface area contributed by atoms with Crippen LogP contribution in [0.2, 0.25) is 0 Å². The number of hydrogen-bond donors (Lipinski definition) is 8. The number of hydrogen-bond acceptors (Lipinski definition) is 8. The zero-order valence-corrected chi connectivity index (χ0v) is 21.4. The fourth-order valence-electron chi connectivity index (χ4n) is 1.92. The van der Waals surface area contributed by atoms with E-state index in [0.717, 1.165) is 25.3 Å². The van der Waals surface area contributed by atoms with Crippen LogP contribution in [0, 0.1) is 0 Å². The van der Waals surface area contributed by atoms with Crippen LogP contribution in [0.3, 0.4) is 0 Å². The van der Waals surface area contributed by atoms with Crippen LogP contribution < -0.4 is 10.6 Å². The first-order valence-electron chi connectivity index (χ1n) is 8.99. The Morgan fingerprint density at radius 3 is 1.16 bits per heavy atom. The van der Waals surface area contributed by atoms with E-state index in [-0.39, 0.29) is 13.2 Å². The van der Waals surface area contributed by atoms with Crippen molar-refractivity contribution in [1.29, 1.82) is 0 Å². The fourth-order valence-corrected chi connectivity index (χ4v) is 1.92. The van der Waals surface area contributed by atoms with Crippen molar-refractivity contribution in [1.82, 2.24) is 10.6 Å². The molecule has 0 aliphatic heterocycles. The Bertz CT molecular complexity index is 554. The Hall–Kier alpha value is -0.633. The number of benzene rings is 2. The van der Waals surface area contributed by atoms with Gasteiger partial charge in [0.25, 0.3) is 0 Å². The fraction of sp³-hybridized carbons (Fsp3) is 0.400. The van der Waals surface area contributed by atoms with E-state index >= 15 is 0 Å². The summed E-state index contributed by atoms with van der Waals surface area (Å²) in [6.07, 6.45) is 0. The van der Waals surface area contributed by atoms with Gasteiger partial charge in [0.1, 0.15) is 11.5 Å². The first kappa shape index (κ1) is 38.6. The van der Waals surface area contributed by atoms with Crippen LogP contribution in [-0.2, 0) is 42.2 Å². The Kier molecular flexibility index (Phi) is 42.2. The van der Waals surface area contributed by atoms with Gasteiger partial charge in [-0.1, -0.05) is 36.4 Å². The van der Waals surface area contributed by atoms with Crippen LogP contribution in [0.15, 0.2) is 48.5 Å². The Morgan fingerprint density at radius 1 is 0.625 bits per heavy atom. The van der Waals surface area contributed by atoms with Crippen molar-refractivity contribution in [2.75, 3.05) is 40.5 Å². The van der Waals surface area contributed by atoms with Crippen molar-refractivity contribution in [3.8, 4) is 11.5 Å². The van der Waals surface area contributed by atoms with Gasteiger partial charge in [-0.3, -0.25) is 0 Å². The van der Waals surface area contributed by atoms with E-state index in [1.54, 1.807) is 24.3 Å². The summed E-state index contributed by atoms with van der Waals surface area (Å²) in [5, 5.41) is 55.6. The second-order valence-corrected chi connectivity index (χ2v) is 5.06. The van der Waals surface area contributed by atoms with Gasteiger partial charge in [0.2, 0.25) is 0 Å². The molecule has 194 valence electrons. The molecular weight excluding hydrogens is 553 g/mol. The summed E-state index contributed by atoms with van der Waals surface area (Å²) < 4.78 is 0. The molecule has 0 bridgehead atoms. The quantitative estimate of drug-likeness (QED) is 0.172. The number of para-hydroxylation sites is 2. The molecule has 0 aliphatic rings. The van der Waals surface area contributed by atoms with Crippen LogP contribution in [0.1, 0.15) is 11.1 Å². The van der Waals surface area contributed by atoms with Crippen LogP contribution in [0.4, 0.5) is 0 Å². The van der Waals surface area contributed by atoms with Gasteiger partial charge in [0.05, 0.1) is 13.2 Å². The predicted molar refractivity (Wildman–Crippen MR) is 122 cm³/mol. The molecule has 2 aromatic carbocycles. The number of phenolic OH excluding ortho intramolecular Hbond substituents is 2. The molecule has 0 fully saturated rings. The summed E-state index contributed by atoms with van der Waals surface area (Å²) in [7, 11) is 10.5. The molecule has 0 radical (unpaired) electrons. The third-order valence-corrected chi connectivity index (χ3v) is 3.19. The SMILES string of the molecule is CO.CO.OCCNCc1ccccc1O.OCCNCc1ccccc1O.[Cl][Ni].[Cl][Ni]. The number of rotatable bonds is 8. The van der Waals surface area contributed by atoms with Gasteiger partial charge in [-0.25, -0.2) is 0 Å². The molecule has 32 heavy (non-hydrogen) atoms. The average Bonchev–Trinajstić information content (AvgIpc) is 2.87. The zero-order chi connectivity index (χ0) is 25.6. The second kappa shape index (κ2) is 35.0. The van der Waals surface area contributed by atoms with Crippen molar-refractivity contribution < 1.29 is 59.8 Å². The van der Waals surface area contributed by atoms with Gasteiger partial charge < -0.3 is 41.3 Å². The maximum atomic E-state index is 9.31. The maximum absolute atomic E-state index is 9.31. The third kappa shape index (κ3) is 24.0. The Labute approximate surface area is 214 Å². The van der Waals surface area contributed by atoms with Gasteiger partial charge in [-0.2, -0.15) is 0 Å². The summed E-state index contributed by atoms with van der Waals surface area (Å²) in [6.45, 7) is 2.52. The molecule has 0 saturated heterocycles. The van der Waals surface area contributed by atoms with Crippen molar-refractivity contribution >= 4 is 20.4 Å². The van der Waals surface area contributed by atoms with Gasteiger partial charge in [-0.05, 0) is 12.1 Å². The van der Waals surface area contributed by atoms with Crippen molar-refractivity contribution in [3.05, 3.63) is 59.7 Å². The number of phenols is 2. The first-order chi connectivity index (χ1) is 15.7. The number of aliphatic hydroxyl groups is 4. The summed E-state index contributed by atoms with van der Waals surface area (Å²) in [5.74, 6) is 0.589. The van der Waals surface area contributed by atoms with Crippen LogP contribution >= 0.6 is 20.4 Å². The molecule has 0 spiro atoms. The molecule has 0 aliphatic carbocycles. The van der Waals surface area contributed by atoms with Crippen LogP contribution in [0.5, 0.6) is 11.5 Å². The van der Waals surface area contributed by atoms with E-state index < -0.39 is 0 Å². The normalized spacial score (nSPS) is 8.38. The minimum absolute atomic E-state index is 0.119. The van der Waals surface area contributed by atoms with E-state index in [2.05, 4.69) is 60.2 Å². The van der Waals surface area contributed by atoms with E-state index in [9.17, 15) is 10.2 Å².